The van der Waals surface area contributed by atoms with Crippen molar-refractivity contribution in [1.82, 2.24) is 0 Å². The molecule has 0 heterocycles. The Morgan fingerprint density at radius 1 is 1.20 bits per heavy atom. The SMILES string of the molecule is C\N=C(C)/C=C/C=C(\C)N(CCCCCC(=O)O)c1ccccc1C. The highest BCUT2D eigenvalue weighted by atomic mass is 16.4. The molecule has 4 nitrogen and oxygen atoms in total. The second-order valence-electron chi connectivity index (χ2n) is 6.17. The lowest BCUT2D eigenvalue weighted by atomic mass is 10.1. The van der Waals surface area contributed by atoms with Crippen LogP contribution in [0.1, 0.15) is 45.1 Å². The molecule has 0 saturated heterocycles. The van der Waals surface area contributed by atoms with Gasteiger partial charge >= 0.3 is 5.97 Å². The van der Waals surface area contributed by atoms with Gasteiger partial charge < -0.3 is 10.0 Å². The number of carboxylic acid groups (broad SMARTS) is 1. The van der Waals surface area contributed by atoms with Crippen molar-refractivity contribution in [1.29, 1.82) is 0 Å². The molecule has 0 unspecified atom stereocenters. The number of aryl methyl sites for hydroxylation is 1. The summed E-state index contributed by atoms with van der Waals surface area (Å²) in [6, 6.07) is 8.34. The number of hydrogen-bond donors (Lipinski definition) is 1. The Labute approximate surface area is 151 Å². The van der Waals surface area contributed by atoms with E-state index in [-0.39, 0.29) is 6.42 Å². The maximum atomic E-state index is 10.6. The van der Waals surface area contributed by atoms with Crippen LogP contribution in [-0.4, -0.2) is 30.4 Å². The minimum atomic E-state index is -0.718. The number of hydrogen-bond acceptors (Lipinski definition) is 3. The molecule has 0 saturated carbocycles. The first-order valence-corrected chi connectivity index (χ1v) is 8.79. The van der Waals surface area contributed by atoms with E-state index in [4.69, 9.17) is 5.11 Å². The standard InChI is InChI=1S/C21H30N2O2/c1-17-11-7-8-14-20(17)23(16-9-5-6-15-21(24)25)19(3)13-10-12-18(2)22-4/h7-8,10-14H,5-6,9,15-16H2,1-4H3,(H,24,25)/b12-10+,19-13+,22-18-. The number of para-hydroxylation sites is 1. The van der Waals surface area contributed by atoms with Crippen LogP contribution >= 0.6 is 0 Å². The van der Waals surface area contributed by atoms with Gasteiger partial charge in [0.15, 0.2) is 0 Å². The lowest BCUT2D eigenvalue weighted by molar-refractivity contribution is -0.137. The number of rotatable bonds is 10. The Hall–Kier alpha value is -2.36. The molecule has 0 aliphatic rings. The largest absolute Gasteiger partial charge is 0.481 e. The number of benzene rings is 1. The predicted molar refractivity (Wildman–Crippen MR) is 107 cm³/mol. The van der Waals surface area contributed by atoms with Crippen molar-refractivity contribution >= 4 is 17.4 Å². The van der Waals surface area contributed by atoms with Gasteiger partial charge in [-0.05, 0) is 57.4 Å². The first kappa shape index (κ1) is 20.7. The van der Waals surface area contributed by atoms with Crippen molar-refractivity contribution in [3.8, 4) is 0 Å². The topological polar surface area (TPSA) is 52.9 Å². The van der Waals surface area contributed by atoms with Crippen molar-refractivity contribution in [2.45, 2.75) is 46.5 Å². The highest BCUT2D eigenvalue weighted by molar-refractivity contribution is 5.92. The van der Waals surface area contributed by atoms with Crippen LogP contribution in [0, 0.1) is 6.92 Å². The molecule has 0 atom stereocenters. The predicted octanol–water partition coefficient (Wildman–Crippen LogP) is 5.00. The molecule has 0 amide bonds. The van der Waals surface area contributed by atoms with Gasteiger partial charge in [0, 0.05) is 37.1 Å². The van der Waals surface area contributed by atoms with Crippen LogP contribution < -0.4 is 4.90 Å². The maximum Gasteiger partial charge on any atom is 0.303 e. The van der Waals surface area contributed by atoms with Crippen LogP contribution in [0.5, 0.6) is 0 Å². The molecule has 0 aliphatic carbocycles. The normalized spacial score (nSPS) is 12.6. The average Bonchev–Trinajstić information content (AvgIpc) is 2.58. The average molecular weight is 342 g/mol. The smallest absolute Gasteiger partial charge is 0.303 e. The Kier molecular flexibility index (Phi) is 9.30. The van der Waals surface area contributed by atoms with Crippen LogP contribution in [0.25, 0.3) is 0 Å². The van der Waals surface area contributed by atoms with E-state index in [1.54, 1.807) is 7.05 Å². The molecule has 0 spiro atoms. The summed E-state index contributed by atoms with van der Waals surface area (Å²) in [4.78, 5) is 17.1. The summed E-state index contributed by atoms with van der Waals surface area (Å²) in [5.74, 6) is -0.718. The van der Waals surface area contributed by atoms with E-state index in [1.807, 2.05) is 25.1 Å². The highest BCUT2D eigenvalue weighted by Crippen LogP contribution is 2.24. The fourth-order valence-corrected chi connectivity index (χ4v) is 2.57. The number of anilines is 1. The number of unbranched alkanes of at least 4 members (excludes halogenated alkanes) is 2. The summed E-state index contributed by atoms with van der Waals surface area (Å²) in [6.45, 7) is 7.07. The molecule has 1 rings (SSSR count). The number of aliphatic imine (C=N–C) groups is 1. The zero-order valence-corrected chi connectivity index (χ0v) is 15.8. The molecule has 0 aliphatic heterocycles. The Bertz CT molecular complexity index is 645. The number of carbonyl (C=O) groups is 1. The molecule has 4 heteroatoms. The van der Waals surface area contributed by atoms with E-state index in [1.165, 1.54) is 11.3 Å². The van der Waals surface area contributed by atoms with Gasteiger partial charge in [-0.3, -0.25) is 9.79 Å². The molecule has 136 valence electrons. The first-order chi connectivity index (χ1) is 12.0. The van der Waals surface area contributed by atoms with Crippen LogP contribution in [-0.2, 0) is 4.79 Å². The van der Waals surface area contributed by atoms with Crippen molar-refractivity contribution in [3.05, 3.63) is 53.8 Å². The second kappa shape index (κ2) is 11.2. The maximum absolute atomic E-state index is 10.6. The van der Waals surface area contributed by atoms with Crippen molar-refractivity contribution in [3.63, 3.8) is 0 Å². The van der Waals surface area contributed by atoms with Crippen LogP contribution in [0.3, 0.4) is 0 Å². The van der Waals surface area contributed by atoms with Crippen molar-refractivity contribution in [2.75, 3.05) is 18.5 Å². The molecule has 0 bridgehead atoms. The molecular formula is C21H30N2O2. The van der Waals surface area contributed by atoms with Gasteiger partial charge in [0.05, 0.1) is 0 Å². The molecule has 1 N–H and O–H groups in total. The molecule has 1 aromatic carbocycles. The molecular weight excluding hydrogens is 312 g/mol. The summed E-state index contributed by atoms with van der Waals surface area (Å²) in [7, 11) is 1.78. The Morgan fingerprint density at radius 3 is 2.56 bits per heavy atom. The van der Waals surface area contributed by atoms with Gasteiger partial charge in [-0.25, -0.2) is 0 Å². The molecule has 1 aromatic rings. The summed E-state index contributed by atoms with van der Waals surface area (Å²) in [5, 5.41) is 8.75. The molecule has 25 heavy (non-hydrogen) atoms. The van der Waals surface area contributed by atoms with Gasteiger partial charge in [-0.1, -0.05) is 30.7 Å². The summed E-state index contributed by atoms with van der Waals surface area (Å²) in [6.07, 6.45) is 8.97. The van der Waals surface area contributed by atoms with Crippen LogP contribution in [0.15, 0.2) is 53.2 Å². The fourth-order valence-electron chi connectivity index (χ4n) is 2.57. The second-order valence-corrected chi connectivity index (χ2v) is 6.17. The minimum absolute atomic E-state index is 0.248. The monoisotopic (exact) mass is 342 g/mol. The third kappa shape index (κ3) is 7.84. The van der Waals surface area contributed by atoms with Crippen molar-refractivity contribution < 1.29 is 9.90 Å². The van der Waals surface area contributed by atoms with E-state index in [0.717, 1.165) is 37.2 Å². The summed E-state index contributed by atoms with van der Waals surface area (Å²) < 4.78 is 0. The fraction of sp³-hybridized carbons (Fsp3) is 0.429. The minimum Gasteiger partial charge on any atom is -0.481 e. The van der Waals surface area contributed by atoms with E-state index in [9.17, 15) is 4.79 Å². The van der Waals surface area contributed by atoms with Crippen LogP contribution in [0.4, 0.5) is 5.69 Å². The van der Waals surface area contributed by atoms with Crippen molar-refractivity contribution in [2.24, 2.45) is 4.99 Å². The Morgan fingerprint density at radius 2 is 1.92 bits per heavy atom. The van der Waals surface area contributed by atoms with Gasteiger partial charge in [-0.15, -0.1) is 0 Å². The first-order valence-electron chi connectivity index (χ1n) is 8.79. The zero-order valence-electron chi connectivity index (χ0n) is 15.8. The van der Waals surface area contributed by atoms with Gasteiger partial charge in [0.1, 0.15) is 0 Å². The Balaban J connectivity index is 2.84. The summed E-state index contributed by atoms with van der Waals surface area (Å²) >= 11 is 0. The molecule has 0 fully saturated rings. The highest BCUT2D eigenvalue weighted by Gasteiger charge is 2.10. The number of aliphatic carboxylic acids is 1. The quantitative estimate of drug-likeness (QED) is 0.370. The zero-order chi connectivity index (χ0) is 18.7. The van der Waals surface area contributed by atoms with E-state index in [0.29, 0.717) is 0 Å². The van der Waals surface area contributed by atoms with E-state index >= 15 is 0 Å². The van der Waals surface area contributed by atoms with E-state index in [2.05, 4.69) is 48.0 Å². The molecule has 0 radical (unpaired) electrons. The lowest BCUT2D eigenvalue weighted by Gasteiger charge is -2.27. The third-order valence-electron chi connectivity index (χ3n) is 4.13. The van der Waals surface area contributed by atoms with Gasteiger partial charge in [0.25, 0.3) is 0 Å². The van der Waals surface area contributed by atoms with Gasteiger partial charge in [-0.2, -0.15) is 0 Å². The summed E-state index contributed by atoms with van der Waals surface area (Å²) in [5.41, 5.74) is 4.58. The number of carboxylic acids is 1. The van der Waals surface area contributed by atoms with E-state index < -0.39 is 5.97 Å². The van der Waals surface area contributed by atoms with Gasteiger partial charge in [0.2, 0.25) is 0 Å². The number of allylic oxidation sites excluding steroid dienone is 4. The molecule has 0 aromatic heterocycles. The lowest BCUT2D eigenvalue weighted by Crippen LogP contribution is -2.23. The number of nitrogens with zero attached hydrogens (tertiary/aromatic N) is 2. The van der Waals surface area contributed by atoms with Crippen LogP contribution in [0.2, 0.25) is 0 Å². The third-order valence-corrected chi connectivity index (χ3v) is 4.13.